The van der Waals surface area contributed by atoms with Gasteiger partial charge in [0.15, 0.2) is 3.95 Å². The molecule has 3 nitrogen and oxygen atoms in total. The molecule has 0 aromatic carbocycles. The predicted octanol–water partition coefficient (Wildman–Crippen LogP) is 2.87. The standard InChI is InChI=1S/C7H7N3S3/c11-7-10-9-6(13-7)8-3-5-1-2-12-4-5/h1-2,4H,3H2,(H,8,9)(H,10,11). The van der Waals surface area contributed by atoms with Crippen molar-refractivity contribution in [2.24, 2.45) is 0 Å². The highest BCUT2D eigenvalue weighted by molar-refractivity contribution is 7.73. The Balaban J connectivity index is 1.97. The van der Waals surface area contributed by atoms with E-state index in [9.17, 15) is 0 Å². The zero-order chi connectivity index (χ0) is 9.10. The van der Waals surface area contributed by atoms with Gasteiger partial charge in [0.25, 0.3) is 0 Å². The van der Waals surface area contributed by atoms with E-state index < -0.39 is 0 Å². The van der Waals surface area contributed by atoms with Gasteiger partial charge in [-0.25, -0.2) is 0 Å². The fourth-order valence-corrected chi connectivity index (χ4v) is 2.33. The Morgan fingerprint density at radius 1 is 1.62 bits per heavy atom. The highest BCUT2D eigenvalue weighted by Crippen LogP contribution is 2.13. The summed E-state index contributed by atoms with van der Waals surface area (Å²) < 4.78 is 0.702. The van der Waals surface area contributed by atoms with Gasteiger partial charge in [-0.3, -0.25) is 5.10 Å². The van der Waals surface area contributed by atoms with Crippen LogP contribution in [0.2, 0.25) is 0 Å². The molecule has 2 N–H and O–H groups in total. The second-order valence-corrected chi connectivity index (χ2v) is 4.85. The van der Waals surface area contributed by atoms with Gasteiger partial charge in [-0.1, -0.05) is 11.3 Å². The molecule has 13 heavy (non-hydrogen) atoms. The third-order valence-corrected chi connectivity index (χ3v) is 3.24. The molecule has 0 fully saturated rings. The molecule has 0 aliphatic heterocycles. The second-order valence-electron chi connectivity index (χ2n) is 2.40. The smallest absolute Gasteiger partial charge is 0.204 e. The summed E-state index contributed by atoms with van der Waals surface area (Å²) in [6.07, 6.45) is 0. The van der Waals surface area contributed by atoms with E-state index in [4.69, 9.17) is 12.2 Å². The van der Waals surface area contributed by atoms with E-state index in [0.717, 1.165) is 11.7 Å². The molecule has 0 atom stereocenters. The van der Waals surface area contributed by atoms with E-state index in [-0.39, 0.29) is 0 Å². The largest absolute Gasteiger partial charge is 0.356 e. The molecule has 0 saturated heterocycles. The first-order valence-electron chi connectivity index (χ1n) is 3.65. The Kier molecular flexibility index (Phi) is 2.72. The average Bonchev–Trinajstić information content (AvgIpc) is 2.71. The molecule has 2 heterocycles. The van der Waals surface area contributed by atoms with E-state index in [0.29, 0.717) is 3.95 Å². The molecule has 0 bridgehead atoms. The van der Waals surface area contributed by atoms with Gasteiger partial charge in [-0.15, -0.1) is 5.10 Å². The van der Waals surface area contributed by atoms with Gasteiger partial charge in [-0.05, 0) is 34.6 Å². The minimum absolute atomic E-state index is 0.702. The van der Waals surface area contributed by atoms with Crippen LogP contribution in [0.3, 0.4) is 0 Å². The lowest BCUT2D eigenvalue weighted by atomic mass is 10.3. The van der Waals surface area contributed by atoms with Crippen molar-refractivity contribution in [3.05, 3.63) is 26.3 Å². The Labute approximate surface area is 88.5 Å². The molecule has 0 saturated carbocycles. The number of aromatic amines is 1. The van der Waals surface area contributed by atoms with Crippen LogP contribution >= 0.6 is 34.9 Å². The SMILES string of the molecule is S=c1[nH]nc(NCc2ccsc2)s1. The molecule has 0 aliphatic rings. The Hall–Kier alpha value is -0.720. The van der Waals surface area contributed by atoms with Crippen molar-refractivity contribution in [2.75, 3.05) is 5.32 Å². The van der Waals surface area contributed by atoms with Gasteiger partial charge < -0.3 is 5.32 Å². The normalized spacial score (nSPS) is 10.2. The summed E-state index contributed by atoms with van der Waals surface area (Å²) in [4.78, 5) is 0. The third kappa shape index (κ3) is 2.36. The summed E-state index contributed by atoms with van der Waals surface area (Å²) >= 11 is 8.05. The monoisotopic (exact) mass is 229 g/mol. The van der Waals surface area contributed by atoms with Gasteiger partial charge in [0.2, 0.25) is 5.13 Å². The molecule has 2 aromatic rings. The Morgan fingerprint density at radius 3 is 3.15 bits per heavy atom. The average molecular weight is 229 g/mol. The first-order valence-corrected chi connectivity index (χ1v) is 5.82. The topological polar surface area (TPSA) is 40.7 Å². The fraction of sp³-hybridized carbons (Fsp3) is 0.143. The molecular weight excluding hydrogens is 222 g/mol. The van der Waals surface area contributed by atoms with Crippen molar-refractivity contribution in [1.82, 2.24) is 10.2 Å². The summed E-state index contributed by atoms with van der Waals surface area (Å²) in [5.41, 5.74) is 1.27. The molecular formula is C7H7N3S3. The lowest BCUT2D eigenvalue weighted by molar-refractivity contribution is 1.05. The van der Waals surface area contributed by atoms with Gasteiger partial charge in [0.05, 0.1) is 0 Å². The van der Waals surface area contributed by atoms with Crippen molar-refractivity contribution in [3.63, 3.8) is 0 Å². The molecule has 6 heteroatoms. The number of rotatable bonds is 3. The van der Waals surface area contributed by atoms with Crippen LogP contribution in [-0.2, 0) is 6.54 Å². The highest BCUT2D eigenvalue weighted by atomic mass is 32.1. The van der Waals surface area contributed by atoms with Crippen molar-refractivity contribution in [1.29, 1.82) is 0 Å². The van der Waals surface area contributed by atoms with Gasteiger partial charge in [0, 0.05) is 6.54 Å². The lowest BCUT2D eigenvalue weighted by Crippen LogP contribution is -1.96. The fourth-order valence-electron chi connectivity index (χ4n) is 0.876. The van der Waals surface area contributed by atoms with E-state index in [2.05, 4.69) is 32.3 Å². The summed E-state index contributed by atoms with van der Waals surface area (Å²) in [6, 6.07) is 2.09. The van der Waals surface area contributed by atoms with Gasteiger partial charge in [0.1, 0.15) is 0 Å². The van der Waals surface area contributed by atoms with Gasteiger partial charge >= 0.3 is 0 Å². The second kappa shape index (κ2) is 3.99. The third-order valence-electron chi connectivity index (χ3n) is 1.46. The van der Waals surface area contributed by atoms with E-state index in [1.807, 2.05) is 0 Å². The molecule has 68 valence electrons. The maximum absolute atomic E-state index is 4.91. The van der Waals surface area contributed by atoms with Crippen LogP contribution in [0.5, 0.6) is 0 Å². The maximum Gasteiger partial charge on any atom is 0.204 e. The molecule has 0 amide bonds. The number of nitrogens with zero attached hydrogens (tertiary/aromatic N) is 1. The first-order chi connectivity index (χ1) is 6.34. The number of aromatic nitrogens is 2. The quantitative estimate of drug-likeness (QED) is 0.795. The molecule has 0 radical (unpaired) electrons. The predicted molar refractivity (Wildman–Crippen MR) is 58.9 cm³/mol. The van der Waals surface area contributed by atoms with Crippen LogP contribution in [0.25, 0.3) is 0 Å². The summed E-state index contributed by atoms with van der Waals surface area (Å²) in [7, 11) is 0. The van der Waals surface area contributed by atoms with Crippen molar-refractivity contribution >= 4 is 40.0 Å². The molecule has 0 unspecified atom stereocenters. The van der Waals surface area contributed by atoms with Crippen LogP contribution in [-0.4, -0.2) is 10.2 Å². The van der Waals surface area contributed by atoms with Gasteiger partial charge in [-0.2, -0.15) is 11.3 Å². The lowest BCUT2D eigenvalue weighted by Gasteiger charge is -1.97. The van der Waals surface area contributed by atoms with E-state index >= 15 is 0 Å². The van der Waals surface area contributed by atoms with Crippen molar-refractivity contribution in [3.8, 4) is 0 Å². The van der Waals surface area contributed by atoms with Crippen LogP contribution in [0.15, 0.2) is 16.8 Å². The number of H-pyrrole nitrogens is 1. The molecule has 0 aliphatic carbocycles. The minimum Gasteiger partial charge on any atom is -0.356 e. The number of thiophene rings is 1. The maximum atomic E-state index is 4.91. The molecule has 2 aromatic heterocycles. The summed E-state index contributed by atoms with van der Waals surface area (Å²) in [6.45, 7) is 0.805. The number of hydrogen-bond donors (Lipinski definition) is 2. The van der Waals surface area contributed by atoms with Crippen LogP contribution in [0.1, 0.15) is 5.56 Å². The van der Waals surface area contributed by atoms with Crippen molar-refractivity contribution in [2.45, 2.75) is 6.54 Å². The minimum atomic E-state index is 0.702. The highest BCUT2D eigenvalue weighted by Gasteiger charge is 1.96. The van der Waals surface area contributed by atoms with Crippen LogP contribution in [0.4, 0.5) is 5.13 Å². The molecule has 0 spiro atoms. The number of anilines is 1. The van der Waals surface area contributed by atoms with Crippen LogP contribution < -0.4 is 5.32 Å². The number of nitrogens with one attached hydrogen (secondary N) is 2. The van der Waals surface area contributed by atoms with E-state index in [1.54, 1.807) is 11.3 Å². The van der Waals surface area contributed by atoms with Crippen molar-refractivity contribution < 1.29 is 0 Å². The van der Waals surface area contributed by atoms with Crippen LogP contribution in [0, 0.1) is 3.95 Å². The Bertz CT molecular complexity index is 414. The number of hydrogen-bond acceptors (Lipinski definition) is 5. The first kappa shape index (κ1) is 8.86. The Morgan fingerprint density at radius 2 is 2.54 bits per heavy atom. The molecule has 2 rings (SSSR count). The zero-order valence-corrected chi connectivity index (χ0v) is 9.06. The summed E-state index contributed by atoms with van der Waals surface area (Å²) in [5.74, 6) is 0. The zero-order valence-electron chi connectivity index (χ0n) is 6.61. The van der Waals surface area contributed by atoms with E-state index in [1.165, 1.54) is 16.9 Å². The summed E-state index contributed by atoms with van der Waals surface area (Å²) in [5, 5.41) is 14.9.